The number of carbonyl (C=O) groups excluding carboxylic acids is 1. The molecule has 0 aliphatic heterocycles. The lowest BCUT2D eigenvalue weighted by atomic mass is 10.2. The lowest BCUT2D eigenvalue weighted by molar-refractivity contribution is -0.139. The van der Waals surface area contributed by atoms with Gasteiger partial charge >= 0.3 is 6.18 Å². The number of fused-ring (bicyclic) bond motifs is 1. The molecule has 29 heavy (non-hydrogen) atoms. The number of H-pyrrole nitrogens is 1. The molecule has 11 heteroatoms. The van der Waals surface area contributed by atoms with Crippen LogP contribution in [0.2, 0.25) is 0 Å². The Bertz CT molecular complexity index is 1090. The minimum Gasteiger partial charge on any atom is -0.345 e. The van der Waals surface area contributed by atoms with Gasteiger partial charge in [0.1, 0.15) is 17.7 Å². The molecule has 1 aliphatic carbocycles. The number of likely N-dealkylation sites (N-methyl/N-ethyl adjacent to an activating group) is 1. The van der Waals surface area contributed by atoms with Gasteiger partial charge in [-0.2, -0.15) is 13.2 Å². The van der Waals surface area contributed by atoms with Crippen molar-refractivity contribution >= 4 is 22.8 Å². The maximum absolute atomic E-state index is 14.5. The molecule has 4 rings (SSSR count). The van der Waals surface area contributed by atoms with Crippen LogP contribution in [0, 0.1) is 5.82 Å². The Kier molecular flexibility index (Phi) is 4.39. The number of halogens is 4. The highest BCUT2D eigenvalue weighted by atomic mass is 19.4. The van der Waals surface area contributed by atoms with Crippen molar-refractivity contribution in [1.82, 2.24) is 25.3 Å². The number of aromatic nitrogens is 4. The fourth-order valence-electron chi connectivity index (χ4n) is 3.24. The summed E-state index contributed by atoms with van der Waals surface area (Å²) in [5, 5.41) is 2.61. The Hall–Kier alpha value is -3.24. The number of amides is 1. The molecule has 1 aliphatic rings. The van der Waals surface area contributed by atoms with Gasteiger partial charge in [0.2, 0.25) is 5.91 Å². The van der Waals surface area contributed by atoms with E-state index in [0.29, 0.717) is 24.1 Å². The van der Waals surface area contributed by atoms with E-state index in [-0.39, 0.29) is 14.5 Å². The molecule has 0 spiro atoms. The van der Waals surface area contributed by atoms with E-state index in [4.69, 9.17) is 0 Å². The minimum absolute atomic E-state index is 0. The molecular formula is C18H20F4N6O. The van der Waals surface area contributed by atoms with Gasteiger partial charge in [-0.05, 0) is 25.0 Å². The first kappa shape index (κ1) is 19.1. The van der Waals surface area contributed by atoms with Crippen molar-refractivity contribution < 1.29 is 25.2 Å². The molecule has 0 bridgehead atoms. The molecule has 1 saturated carbocycles. The van der Waals surface area contributed by atoms with E-state index in [0.717, 1.165) is 11.6 Å². The Balaban J connectivity index is 0.00000171. The molecular weight excluding hydrogens is 392 g/mol. The standard InChI is InChI=1S/C18H16F4N6O.2H2/c1-28(17(4-5-17)16(29)26-9-18(20,21)22)15-12(19)8-25-14(27-15)11-7-24-13-10(11)3-2-6-23-13;;/h2-3,6-8H,4-5,9H2,1H3,(H,23,24)(H,26,29);2*1H. The topological polar surface area (TPSA) is 86.8 Å². The minimum atomic E-state index is -4.53. The van der Waals surface area contributed by atoms with E-state index in [9.17, 15) is 22.4 Å². The summed E-state index contributed by atoms with van der Waals surface area (Å²) in [5.74, 6) is -1.54. The SMILES string of the molecule is CN(c1nc(-c2c[nH]c3ncccc23)ncc1F)C1(C(=O)NCC(F)(F)F)CC1.[HH].[HH]. The number of nitrogens with zero attached hydrogens (tertiary/aromatic N) is 4. The third kappa shape index (κ3) is 3.47. The van der Waals surface area contributed by atoms with Crippen molar-refractivity contribution in [2.45, 2.75) is 24.6 Å². The highest BCUT2D eigenvalue weighted by Crippen LogP contribution is 2.44. The summed E-state index contributed by atoms with van der Waals surface area (Å²) in [4.78, 5) is 29.1. The number of carbonyl (C=O) groups is 1. The van der Waals surface area contributed by atoms with E-state index in [1.807, 2.05) is 5.32 Å². The Labute approximate surface area is 165 Å². The highest BCUT2D eigenvalue weighted by Gasteiger charge is 2.55. The van der Waals surface area contributed by atoms with Crippen molar-refractivity contribution in [2.75, 3.05) is 18.5 Å². The fraction of sp³-hybridized carbons (Fsp3) is 0.333. The van der Waals surface area contributed by atoms with Crippen LogP contribution >= 0.6 is 0 Å². The van der Waals surface area contributed by atoms with Crippen molar-refractivity contribution in [3.63, 3.8) is 0 Å². The molecule has 0 unspecified atom stereocenters. The first-order valence-electron chi connectivity index (χ1n) is 8.75. The average Bonchev–Trinajstić information content (AvgIpc) is 3.39. The van der Waals surface area contributed by atoms with Crippen LogP contribution in [-0.2, 0) is 4.79 Å². The number of anilines is 1. The summed E-state index contributed by atoms with van der Waals surface area (Å²) < 4.78 is 51.8. The first-order chi connectivity index (χ1) is 13.7. The lowest BCUT2D eigenvalue weighted by Gasteiger charge is -2.28. The molecule has 2 N–H and O–H groups in total. The number of hydrogen-bond donors (Lipinski definition) is 2. The largest absolute Gasteiger partial charge is 0.405 e. The van der Waals surface area contributed by atoms with Crippen LogP contribution in [-0.4, -0.2) is 51.2 Å². The maximum atomic E-state index is 14.5. The molecule has 7 nitrogen and oxygen atoms in total. The van der Waals surface area contributed by atoms with Gasteiger partial charge in [0.15, 0.2) is 17.5 Å². The number of hydrogen-bond acceptors (Lipinski definition) is 5. The van der Waals surface area contributed by atoms with Crippen LogP contribution in [0.4, 0.5) is 23.4 Å². The lowest BCUT2D eigenvalue weighted by Crippen LogP contribution is -2.50. The molecule has 0 aromatic carbocycles. The molecule has 3 aromatic rings. The number of rotatable bonds is 5. The zero-order chi connectivity index (χ0) is 20.8. The first-order valence-corrected chi connectivity index (χ1v) is 8.75. The molecule has 0 saturated heterocycles. The van der Waals surface area contributed by atoms with E-state index >= 15 is 0 Å². The van der Waals surface area contributed by atoms with Gasteiger partial charge in [-0.15, -0.1) is 0 Å². The van der Waals surface area contributed by atoms with Gasteiger partial charge in [-0.3, -0.25) is 4.79 Å². The van der Waals surface area contributed by atoms with Crippen LogP contribution in [0.1, 0.15) is 15.7 Å². The smallest absolute Gasteiger partial charge is 0.345 e. The molecule has 3 aromatic heterocycles. The summed E-state index contributed by atoms with van der Waals surface area (Å²) in [6.45, 7) is -1.44. The zero-order valence-corrected chi connectivity index (χ0v) is 15.2. The number of pyridine rings is 1. The second-order valence-electron chi connectivity index (χ2n) is 6.86. The van der Waals surface area contributed by atoms with Crippen LogP contribution in [0.15, 0.2) is 30.7 Å². The van der Waals surface area contributed by atoms with Crippen LogP contribution in [0.25, 0.3) is 22.4 Å². The summed E-state index contributed by atoms with van der Waals surface area (Å²) in [6, 6.07) is 3.54. The Morgan fingerprint density at radius 3 is 2.83 bits per heavy atom. The predicted octanol–water partition coefficient (Wildman–Crippen LogP) is 3.30. The van der Waals surface area contributed by atoms with Gasteiger partial charge in [-0.25, -0.2) is 19.3 Å². The third-order valence-electron chi connectivity index (χ3n) is 4.97. The fourth-order valence-corrected chi connectivity index (χ4v) is 3.24. The monoisotopic (exact) mass is 412 g/mol. The molecule has 1 fully saturated rings. The second-order valence-corrected chi connectivity index (χ2v) is 6.86. The quantitative estimate of drug-likeness (QED) is 0.628. The van der Waals surface area contributed by atoms with Crippen molar-refractivity contribution in [1.29, 1.82) is 0 Å². The molecule has 156 valence electrons. The molecule has 3 heterocycles. The van der Waals surface area contributed by atoms with Gasteiger partial charge < -0.3 is 15.2 Å². The Morgan fingerprint density at radius 2 is 2.14 bits per heavy atom. The summed E-state index contributed by atoms with van der Waals surface area (Å²) in [5.41, 5.74) is -0.0657. The third-order valence-corrected chi connectivity index (χ3v) is 4.97. The number of nitrogens with one attached hydrogen (secondary N) is 2. The maximum Gasteiger partial charge on any atom is 0.405 e. The normalized spacial score (nSPS) is 15.3. The van der Waals surface area contributed by atoms with Gasteiger partial charge in [0.05, 0.1) is 6.20 Å². The Morgan fingerprint density at radius 1 is 1.38 bits per heavy atom. The molecule has 0 atom stereocenters. The van der Waals surface area contributed by atoms with Crippen LogP contribution < -0.4 is 10.2 Å². The van der Waals surface area contributed by atoms with Gasteiger partial charge in [0, 0.05) is 33.2 Å². The van der Waals surface area contributed by atoms with Crippen molar-refractivity contribution in [2.24, 2.45) is 0 Å². The van der Waals surface area contributed by atoms with Crippen molar-refractivity contribution in [3.05, 3.63) is 36.5 Å². The molecule has 0 radical (unpaired) electrons. The van der Waals surface area contributed by atoms with E-state index in [1.54, 1.807) is 24.5 Å². The van der Waals surface area contributed by atoms with Crippen molar-refractivity contribution in [3.8, 4) is 11.4 Å². The summed E-state index contributed by atoms with van der Waals surface area (Å²) >= 11 is 0. The van der Waals surface area contributed by atoms with Gasteiger partial charge in [-0.1, -0.05) is 0 Å². The van der Waals surface area contributed by atoms with Crippen LogP contribution in [0.5, 0.6) is 0 Å². The number of alkyl halides is 3. The predicted molar refractivity (Wildman–Crippen MR) is 101 cm³/mol. The average molecular weight is 412 g/mol. The van der Waals surface area contributed by atoms with E-state index < -0.39 is 30.0 Å². The van der Waals surface area contributed by atoms with Crippen LogP contribution in [0.3, 0.4) is 0 Å². The molecule has 1 amide bonds. The summed E-state index contributed by atoms with van der Waals surface area (Å²) in [7, 11) is 1.44. The van der Waals surface area contributed by atoms with E-state index in [2.05, 4.69) is 19.9 Å². The second kappa shape index (κ2) is 6.68. The summed E-state index contributed by atoms with van der Waals surface area (Å²) in [6.07, 6.45) is 0.293. The highest BCUT2D eigenvalue weighted by molar-refractivity contribution is 5.93. The number of aromatic amines is 1. The van der Waals surface area contributed by atoms with E-state index in [1.165, 1.54) is 11.9 Å². The zero-order valence-electron chi connectivity index (χ0n) is 15.2. The van der Waals surface area contributed by atoms with Gasteiger partial charge in [0.25, 0.3) is 0 Å².